The molecule has 3 nitrogen and oxygen atoms in total. The summed E-state index contributed by atoms with van der Waals surface area (Å²) in [5.74, 6) is 3.02. The Morgan fingerprint density at radius 2 is 2.11 bits per heavy atom. The van der Waals surface area contributed by atoms with Gasteiger partial charge in [-0.05, 0) is 50.8 Å². The zero-order valence-electron chi connectivity index (χ0n) is 12.3. The van der Waals surface area contributed by atoms with Crippen LogP contribution in [-0.2, 0) is 6.54 Å². The smallest absolute Gasteiger partial charge is 0.118 e. The van der Waals surface area contributed by atoms with Crippen LogP contribution in [0.4, 0.5) is 0 Å². The van der Waals surface area contributed by atoms with Gasteiger partial charge in [0, 0.05) is 25.7 Å². The first-order valence-electron chi connectivity index (χ1n) is 7.76. The molecule has 0 N–H and O–H groups in total. The fraction of sp³-hybridized carbons (Fsp3) is 0.750. The van der Waals surface area contributed by atoms with Gasteiger partial charge < -0.3 is 4.42 Å². The molecule has 2 bridgehead atoms. The van der Waals surface area contributed by atoms with E-state index in [0.29, 0.717) is 0 Å². The summed E-state index contributed by atoms with van der Waals surface area (Å²) in [6, 6.07) is 4.98. The second-order valence-corrected chi connectivity index (χ2v) is 6.30. The van der Waals surface area contributed by atoms with Gasteiger partial charge in [-0.2, -0.15) is 0 Å². The van der Waals surface area contributed by atoms with Crippen molar-refractivity contribution in [3.63, 3.8) is 0 Å². The SMILES string of the molecule is CCCN1C[C@H]2CC[C@@H]1CN(Cc1ccc(C)o1)C2. The molecule has 0 unspecified atom stereocenters. The van der Waals surface area contributed by atoms with Crippen LogP contribution in [0.5, 0.6) is 0 Å². The zero-order valence-corrected chi connectivity index (χ0v) is 12.3. The lowest BCUT2D eigenvalue weighted by Gasteiger charge is -2.35. The number of nitrogens with zero attached hydrogens (tertiary/aromatic N) is 2. The van der Waals surface area contributed by atoms with Crippen LogP contribution in [0, 0.1) is 12.8 Å². The van der Waals surface area contributed by atoms with Crippen LogP contribution in [0.2, 0.25) is 0 Å². The predicted molar refractivity (Wildman–Crippen MR) is 77.1 cm³/mol. The highest BCUT2D eigenvalue weighted by atomic mass is 16.3. The normalized spacial score (nSPS) is 28.7. The lowest BCUT2D eigenvalue weighted by molar-refractivity contribution is 0.130. The summed E-state index contributed by atoms with van der Waals surface area (Å²) in [5, 5.41) is 0. The van der Waals surface area contributed by atoms with Crippen LogP contribution in [0.1, 0.15) is 37.7 Å². The maximum absolute atomic E-state index is 5.74. The molecule has 2 atom stereocenters. The number of hydrogen-bond donors (Lipinski definition) is 0. The molecule has 3 heteroatoms. The summed E-state index contributed by atoms with van der Waals surface area (Å²) in [6.45, 7) is 10.4. The van der Waals surface area contributed by atoms with E-state index in [1.807, 2.05) is 6.92 Å². The van der Waals surface area contributed by atoms with Crippen molar-refractivity contribution in [3.8, 4) is 0 Å². The number of aryl methyl sites for hydroxylation is 1. The van der Waals surface area contributed by atoms with Crippen molar-refractivity contribution in [2.75, 3.05) is 26.2 Å². The van der Waals surface area contributed by atoms with E-state index in [2.05, 4.69) is 28.9 Å². The summed E-state index contributed by atoms with van der Waals surface area (Å²) in [5.41, 5.74) is 0. The molecular formula is C16H26N2O. The Balaban J connectivity index is 1.65. The van der Waals surface area contributed by atoms with E-state index >= 15 is 0 Å². The van der Waals surface area contributed by atoms with Gasteiger partial charge in [-0.1, -0.05) is 6.92 Å². The van der Waals surface area contributed by atoms with Crippen molar-refractivity contribution >= 4 is 0 Å². The van der Waals surface area contributed by atoms with Gasteiger partial charge in [-0.3, -0.25) is 9.80 Å². The molecule has 4 heterocycles. The third-order valence-corrected chi connectivity index (χ3v) is 4.59. The molecule has 4 rings (SSSR count). The van der Waals surface area contributed by atoms with Gasteiger partial charge in [-0.15, -0.1) is 0 Å². The third-order valence-electron chi connectivity index (χ3n) is 4.59. The second kappa shape index (κ2) is 5.68. The Morgan fingerprint density at radius 3 is 2.84 bits per heavy atom. The second-order valence-electron chi connectivity index (χ2n) is 6.30. The van der Waals surface area contributed by atoms with Gasteiger partial charge in [0.2, 0.25) is 0 Å². The molecule has 3 aliphatic rings. The van der Waals surface area contributed by atoms with Crippen molar-refractivity contribution in [2.45, 2.75) is 45.7 Å². The summed E-state index contributed by atoms with van der Waals surface area (Å²) in [7, 11) is 0. The first kappa shape index (κ1) is 13.2. The molecule has 1 aromatic heterocycles. The standard InChI is InChI=1S/C16H26N2O/c1-3-8-18-10-14-5-6-15(18)11-17(9-14)12-16-7-4-13(2)19-16/h4,7,14-15H,3,5-6,8-12H2,1-2H3/t14-,15+/m0/s1. The van der Waals surface area contributed by atoms with E-state index in [0.717, 1.165) is 30.0 Å². The Hall–Kier alpha value is -0.800. The highest BCUT2D eigenvalue weighted by Crippen LogP contribution is 2.28. The minimum atomic E-state index is 0.773. The average molecular weight is 262 g/mol. The molecule has 106 valence electrons. The van der Waals surface area contributed by atoms with Gasteiger partial charge in [0.15, 0.2) is 0 Å². The first-order chi connectivity index (χ1) is 9.24. The van der Waals surface area contributed by atoms with E-state index in [4.69, 9.17) is 4.42 Å². The lowest BCUT2D eigenvalue weighted by Crippen LogP contribution is -2.44. The molecule has 0 aliphatic carbocycles. The van der Waals surface area contributed by atoms with Gasteiger partial charge in [-0.25, -0.2) is 0 Å². The van der Waals surface area contributed by atoms with Gasteiger partial charge in [0.05, 0.1) is 6.54 Å². The van der Waals surface area contributed by atoms with Gasteiger partial charge in [0.25, 0.3) is 0 Å². The van der Waals surface area contributed by atoms with Crippen LogP contribution in [0.25, 0.3) is 0 Å². The fourth-order valence-electron chi connectivity index (χ4n) is 3.76. The third kappa shape index (κ3) is 3.03. The maximum atomic E-state index is 5.74. The van der Waals surface area contributed by atoms with E-state index in [-0.39, 0.29) is 0 Å². The molecule has 0 saturated carbocycles. The molecule has 0 amide bonds. The molecule has 19 heavy (non-hydrogen) atoms. The monoisotopic (exact) mass is 262 g/mol. The zero-order chi connectivity index (χ0) is 13.2. The number of rotatable bonds is 4. The molecule has 3 fully saturated rings. The van der Waals surface area contributed by atoms with Crippen LogP contribution in [0.15, 0.2) is 16.5 Å². The molecule has 1 aromatic rings. The molecule has 3 aliphatic heterocycles. The number of hydrogen-bond acceptors (Lipinski definition) is 3. The molecule has 0 spiro atoms. The lowest BCUT2D eigenvalue weighted by atomic mass is 9.95. The number of furan rings is 1. The van der Waals surface area contributed by atoms with Crippen LogP contribution >= 0.6 is 0 Å². The van der Waals surface area contributed by atoms with Crippen molar-refractivity contribution in [2.24, 2.45) is 5.92 Å². The van der Waals surface area contributed by atoms with E-state index in [1.165, 1.54) is 45.4 Å². The predicted octanol–water partition coefficient (Wildman–Crippen LogP) is 2.89. The summed E-state index contributed by atoms with van der Waals surface area (Å²) in [6.07, 6.45) is 4.08. The van der Waals surface area contributed by atoms with Crippen molar-refractivity contribution in [1.82, 2.24) is 9.80 Å². The molecular weight excluding hydrogens is 236 g/mol. The topological polar surface area (TPSA) is 19.6 Å². The van der Waals surface area contributed by atoms with E-state index in [9.17, 15) is 0 Å². The van der Waals surface area contributed by atoms with Crippen molar-refractivity contribution in [3.05, 3.63) is 23.7 Å². The first-order valence-corrected chi connectivity index (χ1v) is 7.76. The van der Waals surface area contributed by atoms with Crippen LogP contribution in [0.3, 0.4) is 0 Å². The Kier molecular flexibility index (Phi) is 3.94. The quantitative estimate of drug-likeness (QED) is 0.832. The van der Waals surface area contributed by atoms with E-state index < -0.39 is 0 Å². The Morgan fingerprint density at radius 1 is 1.21 bits per heavy atom. The Labute approximate surface area is 116 Å². The maximum Gasteiger partial charge on any atom is 0.118 e. The number of piperidine rings is 1. The largest absolute Gasteiger partial charge is 0.465 e. The fourth-order valence-corrected chi connectivity index (χ4v) is 3.76. The molecule has 0 aromatic carbocycles. The van der Waals surface area contributed by atoms with Gasteiger partial charge in [0.1, 0.15) is 11.5 Å². The van der Waals surface area contributed by atoms with Crippen LogP contribution < -0.4 is 0 Å². The van der Waals surface area contributed by atoms with Crippen molar-refractivity contribution in [1.29, 1.82) is 0 Å². The minimum absolute atomic E-state index is 0.773. The molecule has 3 saturated heterocycles. The highest BCUT2D eigenvalue weighted by Gasteiger charge is 2.34. The summed E-state index contributed by atoms with van der Waals surface area (Å²) >= 11 is 0. The van der Waals surface area contributed by atoms with Crippen molar-refractivity contribution < 1.29 is 4.42 Å². The average Bonchev–Trinajstić information content (AvgIpc) is 2.60. The summed E-state index contributed by atoms with van der Waals surface area (Å²) < 4.78 is 5.74. The number of fused-ring (bicyclic) bond motifs is 4. The molecule has 0 radical (unpaired) electrons. The van der Waals surface area contributed by atoms with Gasteiger partial charge >= 0.3 is 0 Å². The highest BCUT2D eigenvalue weighted by molar-refractivity contribution is 5.06. The summed E-state index contributed by atoms with van der Waals surface area (Å²) in [4.78, 5) is 5.33. The Bertz CT molecular complexity index is 415. The van der Waals surface area contributed by atoms with Crippen LogP contribution in [-0.4, -0.2) is 42.0 Å². The minimum Gasteiger partial charge on any atom is -0.465 e. The van der Waals surface area contributed by atoms with E-state index in [1.54, 1.807) is 0 Å².